The maximum atomic E-state index is 10.1. The van der Waals surface area contributed by atoms with Gasteiger partial charge in [0.2, 0.25) is 0 Å². The van der Waals surface area contributed by atoms with E-state index in [2.05, 4.69) is 19.9 Å². The highest BCUT2D eigenvalue weighted by Crippen LogP contribution is 2.03. The molecular weight excluding hydrogens is 160 g/mol. The zero-order valence-corrected chi connectivity index (χ0v) is 8.71. The van der Waals surface area contributed by atoms with Crippen LogP contribution in [0.5, 0.6) is 0 Å². The molecule has 1 nitrogen and oxygen atoms in total. The molecule has 0 saturated carbocycles. The van der Waals surface area contributed by atoms with Gasteiger partial charge in [0.15, 0.2) is 0 Å². The molecule has 13 heavy (non-hydrogen) atoms. The molecule has 0 saturated heterocycles. The summed E-state index contributed by atoms with van der Waals surface area (Å²) in [5.74, 6) is 0. The van der Waals surface area contributed by atoms with Crippen molar-refractivity contribution in [3.8, 4) is 0 Å². The van der Waals surface area contributed by atoms with Crippen molar-refractivity contribution in [1.82, 2.24) is 0 Å². The van der Waals surface area contributed by atoms with Crippen LogP contribution in [0.2, 0.25) is 0 Å². The van der Waals surface area contributed by atoms with E-state index in [9.17, 15) is 4.79 Å². The Morgan fingerprint density at radius 3 is 2.46 bits per heavy atom. The summed E-state index contributed by atoms with van der Waals surface area (Å²) in [7, 11) is 0. The average molecular weight is 178 g/mol. The smallest absolute Gasteiger partial charge is 0.143 e. The Balaban J connectivity index is 4.05. The Morgan fingerprint density at radius 2 is 1.92 bits per heavy atom. The Labute approximate surface area is 80.8 Å². The SMILES string of the molecule is CCC\C(C)=C/C=C/C(C)=C\C=O. The van der Waals surface area contributed by atoms with Crippen LogP contribution in [0.25, 0.3) is 0 Å². The Hall–Kier alpha value is -1.11. The van der Waals surface area contributed by atoms with Gasteiger partial charge in [-0.2, -0.15) is 0 Å². The lowest BCUT2D eigenvalue weighted by Crippen LogP contribution is -1.73. The maximum absolute atomic E-state index is 10.1. The van der Waals surface area contributed by atoms with Crippen molar-refractivity contribution in [3.63, 3.8) is 0 Å². The second kappa shape index (κ2) is 7.53. The number of rotatable bonds is 5. The molecule has 72 valence electrons. The molecule has 0 N–H and O–H groups in total. The summed E-state index contributed by atoms with van der Waals surface area (Å²) < 4.78 is 0. The third-order valence-corrected chi connectivity index (χ3v) is 1.72. The molecule has 0 radical (unpaired) electrons. The summed E-state index contributed by atoms with van der Waals surface area (Å²) in [4.78, 5) is 10.1. The molecule has 0 heterocycles. The van der Waals surface area contributed by atoms with Gasteiger partial charge in [-0.25, -0.2) is 0 Å². The minimum atomic E-state index is 0.808. The van der Waals surface area contributed by atoms with Crippen molar-refractivity contribution in [2.24, 2.45) is 0 Å². The molecule has 0 rings (SSSR count). The minimum Gasteiger partial charge on any atom is -0.299 e. The van der Waals surface area contributed by atoms with E-state index in [1.165, 1.54) is 12.0 Å². The number of allylic oxidation sites excluding steroid dienone is 6. The first-order chi connectivity index (χ1) is 6.20. The fourth-order valence-corrected chi connectivity index (χ4v) is 1.00. The third kappa shape index (κ3) is 7.26. The molecule has 1 heteroatoms. The monoisotopic (exact) mass is 178 g/mol. The van der Waals surface area contributed by atoms with Gasteiger partial charge < -0.3 is 0 Å². The molecule has 0 bridgehead atoms. The molecule has 0 atom stereocenters. The molecule has 0 aromatic carbocycles. The highest BCUT2D eigenvalue weighted by atomic mass is 16.1. The summed E-state index contributed by atoms with van der Waals surface area (Å²) in [6, 6.07) is 0. The van der Waals surface area contributed by atoms with Crippen molar-refractivity contribution in [2.75, 3.05) is 0 Å². The van der Waals surface area contributed by atoms with Crippen LogP contribution in [0.4, 0.5) is 0 Å². The van der Waals surface area contributed by atoms with Crippen LogP contribution < -0.4 is 0 Å². The van der Waals surface area contributed by atoms with Crippen LogP contribution in [0.3, 0.4) is 0 Å². The van der Waals surface area contributed by atoms with Crippen LogP contribution in [0.1, 0.15) is 33.6 Å². The van der Waals surface area contributed by atoms with E-state index in [1.54, 1.807) is 6.08 Å². The molecule has 0 aromatic heterocycles. The fraction of sp³-hybridized carbons (Fsp3) is 0.417. The van der Waals surface area contributed by atoms with Crippen molar-refractivity contribution in [1.29, 1.82) is 0 Å². The zero-order valence-electron chi connectivity index (χ0n) is 8.71. The molecule has 0 aliphatic rings. The van der Waals surface area contributed by atoms with Gasteiger partial charge in [0.05, 0.1) is 0 Å². The van der Waals surface area contributed by atoms with Gasteiger partial charge in [-0.3, -0.25) is 4.79 Å². The lowest BCUT2D eigenvalue weighted by Gasteiger charge is -1.93. The van der Waals surface area contributed by atoms with E-state index in [1.807, 2.05) is 19.1 Å². The van der Waals surface area contributed by atoms with Gasteiger partial charge in [-0.05, 0) is 31.9 Å². The molecule has 0 aliphatic heterocycles. The van der Waals surface area contributed by atoms with Crippen LogP contribution >= 0.6 is 0 Å². The van der Waals surface area contributed by atoms with Crippen molar-refractivity contribution in [2.45, 2.75) is 33.6 Å². The fourth-order valence-electron chi connectivity index (χ4n) is 1.00. The predicted octanol–water partition coefficient (Wildman–Crippen LogP) is 3.43. The van der Waals surface area contributed by atoms with Crippen LogP contribution in [-0.2, 0) is 4.79 Å². The van der Waals surface area contributed by atoms with Gasteiger partial charge in [-0.1, -0.05) is 37.1 Å². The normalized spacial score (nSPS) is 13.8. The van der Waals surface area contributed by atoms with E-state index < -0.39 is 0 Å². The zero-order chi connectivity index (χ0) is 10.1. The second-order valence-corrected chi connectivity index (χ2v) is 3.17. The first kappa shape index (κ1) is 11.9. The van der Waals surface area contributed by atoms with Crippen molar-refractivity contribution >= 4 is 6.29 Å². The lowest BCUT2D eigenvalue weighted by molar-refractivity contribution is -0.104. The second-order valence-electron chi connectivity index (χ2n) is 3.17. The molecule has 0 aromatic rings. The van der Waals surface area contributed by atoms with Crippen LogP contribution in [0.15, 0.2) is 35.5 Å². The van der Waals surface area contributed by atoms with Gasteiger partial charge in [-0.15, -0.1) is 0 Å². The maximum Gasteiger partial charge on any atom is 0.143 e. The Morgan fingerprint density at radius 1 is 1.23 bits per heavy atom. The third-order valence-electron chi connectivity index (χ3n) is 1.72. The summed E-state index contributed by atoms with van der Waals surface area (Å²) in [6.45, 7) is 6.19. The molecule has 0 unspecified atom stereocenters. The molecule has 0 spiro atoms. The van der Waals surface area contributed by atoms with E-state index in [0.717, 1.165) is 18.3 Å². The summed E-state index contributed by atoms with van der Waals surface area (Å²) in [5.41, 5.74) is 2.35. The first-order valence-electron chi connectivity index (χ1n) is 4.66. The number of carbonyl (C=O) groups is 1. The summed E-state index contributed by atoms with van der Waals surface area (Å²) >= 11 is 0. The molecular formula is C12H18O. The topological polar surface area (TPSA) is 17.1 Å². The Bertz CT molecular complexity index is 232. The van der Waals surface area contributed by atoms with Gasteiger partial charge in [0.25, 0.3) is 0 Å². The number of hydrogen-bond acceptors (Lipinski definition) is 1. The average Bonchev–Trinajstić information content (AvgIpc) is 2.05. The van der Waals surface area contributed by atoms with E-state index in [-0.39, 0.29) is 0 Å². The number of aldehydes is 1. The van der Waals surface area contributed by atoms with E-state index in [4.69, 9.17) is 0 Å². The van der Waals surface area contributed by atoms with Gasteiger partial charge in [0.1, 0.15) is 6.29 Å². The number of hydrogen-bond donors (Lipinski definition) is 0. The van der Waals surface area contributed by atoms with Crippen LogP contribution in [0, 0.1) is 0 Å². The summed E-state index contributed by atoms with van der Waals surface area (Å²) in [6.07, 6.45) is 10.7. The van der Waals surface area contributed by atoms with Crippen molar-refractivity contribution in [3.05, 3.63) is 35.5 Å². The number of carbonyl (C=O) groups excluding carboxylic acids is 1. The first-order valence-corrected chi connectivity index (χ1v) is 4.66. The van der Waals surface area contributed by atoms with Gasteiger partial charge >= 0.3 is 0 Å². The molecule has 0 fully saturated rings. The van der Waals surface area contributed by atoms with Crippen LogP contribution in [-0.4, -0.2) is 6.29 Å². The Kier molecular flexibility index (Phi) is 6.89. The van der Waals surface area contributed by atoms with Crippen molar-refractivity contribution < 1.29 is 4.79 Å². The largest absolute Gasteiger partial charge is 0.299 e. The van der Waals surface area contributed by atoms with E-state index >= 15 is 0 Å². The minimum absolute atomic E-state index is 0.808. The highest BCUT2D eigenvalue weighted by Gasteiger charge is 1.83. The lowest BCUT2D eigenvalue weighted by atomic mass is 10.1. The molecule has 0 aliphatic carbocycles. The highest BCUT2D eigenvalue weighted by molar-refractivity contribution is 5.66. The molecule has 0 amide bonds. The van der Waals surface area contributed by atoms with Gasteiger partial charge in [0, 0.05) is 0 Å². The quantitative estimate of drug-likeness (QED) is 0.358. The standard InChI is InChI=1S/C12H18O/c1-4-6-11(2)7-5-8-12(3)9-10-13/h5,7-10H,4,6H2,1-3H3/b8-5+,11-7-,12-9-. The van der Waals surface area contributed by atoms with E-state index in [0.29, 0.717) is 0 Å². The summed E-state index contributed by atoms with van der Waals surface area (Å²) in [5, 5.41) is 0. The predicted molar refractivity (Wildman–Crippen MR) is 57.6 cm³/mol.